The smallest absolute Gasteiger partial charge is 0.137 e. The summed E-state index contributed by atoms with van der Waals surface area (Å²) in [6.07, 6.45) is 4.41. The predicted molar refractivity (Wildman–Crippen MR) is 80.0 cm³/mol. The summed E-state index contributed by atoms with van der Waals surface area (Å²) in [4.78, 5) is 12.0. The third-order valence-corrected chi connectivity index (χ3v) is 4.29. The SMILES string of the molecule is O=C(CCC1CCNCC1)Cc1cc(Cl)ccc1Cl. The number of carbonyl (C=O) groups is 1. The van der Waals surface area contributed by atoms with Crippen LogP contribution in [0.5, 0.6) is 0 Å². The van der Waals surface area contributed by atoms with Gasteiger partial charge in [0.05, 0.1) is 0 Å². The Bertz CT molecular complexity index is 442. The third-order valence-electron chi connectivity index (χ3n) is 3.69. The van der Waals surface area contributed by atoms with Crippen molar-refractivity contribution in [3.8, 4) is 0 Å². The van der Waals surface area contributed by atoms with Gasteiger partial charge in [-0.3, -0.25) is 4.79 Å². The largest absolute Gasteiger partial charge is 0.317 e. The summed E-state index contributed by atoms with van der Waals surface area (Å²) < 4.78 is 0. The lowest BCUT2D eigenvalue weighted by Gasteiger charge is -2.22. The molecule has 0 saturated carbocycles. The molecule has 0 aliphatic carbocycles. The van der Waals surface area contributed by atoms with E-state index in [1.165, 1.54) is 12.8 Å². The zero-order chi connectivity index (χ0) is 13.7. The van der Waals surface area contributed by atoms with Crippen LogP contribution in [0.1, 0.15) is 31.2 Å². The van der Waals surface area contributed by atoms with Gasteiger partial charge in [0, 0.05) is 22.9 Å². The van der Waals surface area contributed by atoms with Gasteiger partial charge in [-0.15, -0.1) is 0 Å². The predicted octanol–water partition coefficient (Wildman–Crippen LogP) is 3.88. The summed E-state index contributed by atoms with van der Waals surface area (Å²) >= 11 is 12.0. The number of piperidine rings is 1. The third kappa shape index (κ3) is 4.79. The van der Waals surface area contributed by atoms with E-state index in [9.17, 15) is 4.79 Å². The molecule has 1 fully saturated rings. The van der Waals surface area contributed by atoms with Crippen LogP contribution in [0.15, 0.2) is 18.2 Å². The second-order valence-corrected chi connectivity index (χ2v) is 6.03. The van der Waals surface area contributed by atoms with E-state index < -0.39 is 0 Å². The number of ketones is 1. The molecule has 104 valence electrons. The van der Waals surface area contributed by atoms with Gasteiger partial charge in [0.25, 0.3) is 0 Å². The summed E-state index contributed by atoms with van der Waals surface area (Å²) in [5.74, 6) is 0.947. The summed E-state index contributed by atoms with van der Waals surface area (Å²) in [6, 6.07) is 5.28. The highest BCUT2D eigenvalue weighted by Gasteiger charge is 2.15. The first kappa shape index (κ1) is 14.8. The van der Waals surface area contributed by atoms with Crippen LogP contribution in [0.2, 0.25) is 10.0 Å². The van der Waals surface area contributed by atoms with Crippen LogP contribution in [-0.4, -0.2) is 18.9 Å². The highest BCUT2D eigenvalue weighted by molar-refractivity contribution is 6.33. The fourth-order valence-corrected chi connectivity index (χ4v) is 2.89. The van der Waals surface area contributed by atoms with Crippen molar-refractivity contribution in [3.63, 3.8) is 0 Å². The molecule has 0 amide bonds. The van der Waals surface area contributed by atoms with Crippen molar-refractivity contribution in [2.24, 2.45) is 5.92 Å². The van der Waals surface area contributed by atoms with E-state index in [1.807, 2.05) is 0 Å². The van der Waals surface area contributed by atoms with Crippen molar-refractivity contribution < 1.29 is 4.79 Å². The zero-order valence-corrected chi connectivity index (χ0v) is 12.4. The minimum Gasteiger partial charge on any atom is -0.317 e. The van der Waals surface area contributed by atoms with Gasteiger partial charge in [0.2, 0.25) is 0 Å². The molecule has 1 aliphatic heterocycles. The number of rotatable bonds is 5. The molecule has 0 atom stereocenters. The maximum absolute atomic E-state index is 12.0. The fourth-order valence-electron chi connectivity index (χ4n) is 2.52. The van der Waals surface area contributed by atoms with E-state index in [0.717, 1.165) is 25.1 Å². The first-order valence-corrected chi connectivity index (χ1v) is 7.57. The Hall–Kier alpha value is -0.570. The van der Waals surface area contributed by atoms with Gasteiger partial charge in [0.1, 0.15) is 5.78 Å². The van der Waals surface area contributed by atoms with E-state index in [1.54, 1.807) is 18.2 Å². The molecular weight excluding hydrogens is 281 g/mol. The molecule has 1 saturated heterocycles. The molecule has 1 N–H and O–H groups in total. The Morgan fingerprint density at radius 3 is 2.74 bits per heavy atom. The highest BCUT2D eigenvalue weighted by atomic mass is 35.5. The highest BCUT2D eigenvalue weighted by Crippen LogP contribution is 2.23. The Balaban J connectivity index is 1.81. The number of benzene rings is 1. The first-order chi connectivity index (χ1) is 9.15. The van der Waals surface area contributed by atoms with Gasteiger partial charge in [0.15, 0.2) is 0 Å². The van der Waals surface area contributed by atoms with Crippen LogP contribution < -0.4 is 5.32 Å². The second-order valence-electron chi connectivity index (χ2n) is 5.18. The lowest BCUT2D eigenvalue weighted by Crippen LogP contribution is -2.28. The topological polar surface area (TPSA) is 29.1 Å². The number of hydrogen-bond donors (Lipinski definition) is 1. The summed E-state index contributed by atoms with van der Waals surface area (Å²) in [5, 5.41) is 4.59. The number of nitrogens with one attached hydrogen (secondary N) is 1. The van der Waals surface area contributed by atoms with Crippen molar-refractivity contribution in [2.45, 2.75) is 32.1 Å². The fraction of sp³-hybridized carbons (Fsp3) is 0.533. The van der Waals surface area contributed by atoms with Gasteiger partial charge < -0.3 is 5.32 Å². The van der Waals surface area contributed by atoms with Gasteiger partial charge in [-0.05, 0) is 62.0 Å². The van der Waals surface area contributed by atoms with Crippen molar-refractivity contribution in [2.75, 3.05) is 13.1 Å². The van der Waals surface area contributed by atoms with Crippen LogP contribution in [-0.2, 0) is 11.2 Å². The number of halogens is 2. The second kappa shape index (κ2) is 7.28. The monoisotopic (exact) mass is 299 g/mol. The lowest BCUT2D eigenvalue weighted by molar-refractivity contribution is -0.118. The molecule has 1 aromatic carbocycles. The molecule has 0 aromatic heterocycles. The molecule has 0 spiro atoms. The number of carbonyl (C=O) groups excluding carboxylic acids is 1. The molecule has 2 rings (SSSR count). The van der Waals surface area contributed by atoms with E-state index >= 15 is 0 Å². The zero-order valence-electron chi connectivity index (χ0n) is 10.9. The average Bonchev–Trinajstić information content (AvgIpc) is 2.42. The summed E-state index contributed by atoms with van der Waals surface area (Å²) in [7, 11) is 0. The Morgan fingerprint density at radius 1 is 1.26 bits per heavy atom. The van der Waals surface area contributed by atoms with Gasteiger partial charge in [-0.1, -0.05) is 23.2 Å². The Labute approximate surface area is 124 Å². The molecule has 0 bridgehead atoms. The van der Waals surface area contributed by atoms with E-state index in [2.05, 4.69) is 5.32 Å². The minimum atomic E-state index is 0.252. The molecule has 1 aliphatic rings. The quantitative estimate of drug-likeness (QED) is 0.894. The maximum Gasteiger partial charge on any atom is 0.137 e. The first-order valence-electron chi connectivity index (χ1n) is 6.81. The van der Waals surface area contributed by atoms with Gasteiger partial charge >= 0.3 is 0 Å². The van der Waals surface area contributed by atoms with Crippen LogP contribution in [0.4, 0.5) is 0 Å². The number of hydrogen-bond acceptors (Lipinski definition) is 2. The van der Waals surface area contributed by atoms with Crippen molar-refractivity contribution >= 4 is 29.0 Å². The van der Waals surface area contributed by atoms with Gasteiger partial charge in [-0.2, -0.15) is 0 Å². The Kier molecular flexibility index (Phi) is 5.68. The van der Waals surface area contributed by atoms with Crippen molar-refractivity contribution in [1.29, 1.82) is 0 Å². The molecular formula is C15H19Cl2NO. The van der Waals surface area contributed by atoms with E-state index in [4.69, 9.17) is 23.2 Å². The molecule has 4 heteroatoms. The molecule has 1 aromatic rings. The average molecular weight is 300 g/mol. The molecule has 2 nitrogen and oxygen atoms in total. The number of Topliss-reactive ketones (excluding diaryl/α,β-unsaturated/α-hetero) is 1. The molecule has 19 heavy (non-hydrogen) atoms. The van der Waals surface area contributed by atoms with E-state index in [0.29, 0.717) is 28.8 Å². The minimum absolute atomic E-state index is 0.252. The summed E-state index contributed by atoms with van der Waals surface area (Å²) in [6.45, 7) is 2.16. The lowest BCUT2D eigenvalue weighted by atomic mass is 9.91. The van der Waals surface area contributed by atoms with Crippen LogP contribution in [0.25, 0.3) is 0 Å². The molecule has 1 heterocycles. The maximum atomic E-state index is 12.0. The van der Waals surface area contributed by atoms with E-state index in [-0.39, 0.29) is 5.78 Å². The van der Waals surface area contributed by atoms with Crippen LogP contribution in [0, 0.1) is 5.92 Å². The molecule has 0 radical (unpaired) electrons. The van der Waals surface area contributed by atoms with Crippen LogP contribution in [0.3, 0.4) is 0 Å². The standard InChI is InChI=1S/C15H19Cl2NO/c16-13-2-4-15(17)12(9-13)10-14(19)3-1-11-5-7-18-8-6-11/h2,4,9,11,18H,1,3,5-8,10H2. The van der Waals surface area contributed by atoms with Crippen molar-refractivity contribution in [1.82, 2.24) is 5.32 Å². The normalized spacial score (nSPS) is 16.5. The van der Waals surface area contributed by atoms with Gasteiger partial charge in [-0.25, -0.2) is 0 Å². The summed E-state index contributed by atoms with van der Waals surface area (Å²) in [5.41, 5.74) is 0.837. The Morgan fingerprint density at radius 2 is 2.00 bits per heavy atom. The van der Waals surface area contributed by atoms with Crippen molar-refractivity contribution in [3.05, 3.63) is 33.8 Å². The van der Waals surface area contributed by atoms with Crippen LogP contribution >= 0.6 is 23.2 Å². The molecule has 0 unspecified atom stereocenters.